The van der Waals surface area contributed by atoms with Crippen LogP contribution in [0.2, 0.25) is 0 Å². The quantitative estimate of drug-likeness (QED) is 0.607. The summed E-state index contributed by atoms with van der Waals surface area (Å²) in [5.74, 6) is 2.75. The Labute approximate surface area is 184 Å². The fourth-order valence-corrected chi connectivity index (χ4v) is 4.54. The molecule has 31 heavy (non-hydrogen) atoms. The molecule has 0 fully saturated rings. The maximum atomic E-state index is 5.71. The molecular weight excluding hydrogens is 390 g/mol. The summed E-state index contributed by atoms with van der Waals surface area (Å²) in [7, 11) is 8.93. The van der Waals surface area contributed by atoms with Crippen LogP contribution in [0.3, 0.4) is 0 Å². The number of aromatic nitrogens is 1. The lowest BCUT2D eigenvalue weighted by atomic mass is 9.87. The Kier molecular flexibility index (Phi) is 6.18. The molecule has 4 rings (SSSR count). The number of hydrogen-bond donors (Lipinski definition) is 1. The first kappa shape index (κ1) is 21.2. The molecule has 1 unspecified atom stereocenters. The van der Waals surface area contributed by atoms with Gasteiger partial charge in [-0.1, -0.05) is 24.3 Å². The second-order valence-corrected chi connectivity index (χ2v) is 8.10. The van der Waals surface area contributed by atoms with Crippen molar-refractivity contribution < 1.29 is 14.2 Å². The van der Waals surface area contributed by atoms with Crippen molar-refractivity contribution in [2.75, 3.05) is 40.3 Å². The van der Waals surface area contributed by atoms with Crippen LogP contribution in [0.1, 0.15) is 35.6 Å². The van der Waals surface area contributed by atoms with E-state index in [1.165, 1.54) is 17.5 Å². The summed E-state index contributed by atoms with van der Waals surface area (Å²) in [4.78, 5) is 7.00. The van der Waals surface area contributed by atoms with Gasteiger partial charge in [-0.3, -0.25) is 0 Å². The average molecular weight is 422 g/mol. The zero-order valence-corrected chi connectivity index (χ0v) is 19.0. The molecule has 6 nitrogen and oxygen atoms in total. The van der Waals surface area contributed by atoms with Gasteiger partial charge in [-0.25, -0.2) is 4.98 Å². The van der Waals surface area contributed by atoms with Crippen LogP contribution in [0.15, 0.2) is 36.4 Å². The van der Waals surface area contributed by atoms with Crippen molar-refractivity contribution in [3.05, 3.63) is 53.1 Å². The standard InChI is InChI=1S/C25H31N3O3/c1-28(2)25-17(15-26-20-12-8-10-16-9-6-7-11-18(16)20)13-19-21(27-25)14-22(29-3)24(31-5)23(19)30-4/h6-7,9,11,13-14,20,26H,8,10,12,15H2,1-5H3. The van der Waals surface area contributed by atoms with Crippen LogP contribution in [0.4, 0.5) is 5.82 Å². The number of nitrogens with zero attached hydrogens (tertiary/aromatic N) is 2. The second kappa shape index (κ2) is 9.02. The van der Waals surface area contributed by atoms with E-state index in [-0.39, 0.29) is 0 Å². The third-order valence-electron chi connectivity index (χ3n) is 6.01. The van der Waals surface area contributed by atoms with E-state index in [1.54, 1.807) is 21.3 Å². The maximum absolute atomic E-state index is 5.71. The number of pyridine rings is 1. The molecule has 0 saturated carbocycles. The molecule has 1 heterocycles. The number of rotatable bonds is 7. The van der Waals surface area contributed by atoms with Crippen LogP contribution in [-0.2, 0) is 13.0 Å². The molecule has 164 valence electrons. The molecule has 0 amide bonds. The van der Waals surface area contributed by atoms with Gasteiger partial charge in [0.05, 0.1) is 26.8 Å². The van der Waals surface area contributed by atoms with Crippen LogP contribution in [0.25, 0.3) is 10.9 Å². The van der Waals surface area contributed by atoms with E-state index in [2.05, 4.69) is 40.5 Å². The zero-order chi connectivity index (χ0) is 22.0. The number of benzene rings is 2. The van der Waals surface area contributed by atoms with E-state index in [1.807, 2.05) is 20.2 Å². The first-order chi connectivity index (χ1) is 15.1. The van der Waals surface area contributed by atoms with E-state index in [0.717, 1.165) is 35.1 Å². The lowest BCUT2D eigenvalue weighted by molar-refractivity contribution is 0.327. The number of hydrogen-bond acceptors (Lipinski definition) is 6. The first-order valence-corrected chi connectivity index (χ1v) is 10.7. The summed E-state index contributed by atoms with van der Waals surface area (Å²) in [5.41, 5.74) is 4.79. The minimum absolute atomic E-state index is 0.350. The molecule has 1 atom stereocenters. The van der Waals surface area contributed by atoms with Crippen LogP contribution >= 0.6 is 0 Å². The first-order valence-electron chi connectivity index (χ1n) is 10.7. The van der Waals surface area contributed by atoms with Gasteiger partial charge in [-0.15, -0.1) is 0 Å². The fourth-order valence-electron chi connectivity index (χ4n) is 4.54. The Hall–Kier alpha value is -2.99. The Morgan fingerprint density at radius 3 is 2.52 bits per heavy atom. The number of anilines is 1. The van der Waals surface area contributed by atoms with E-state index >= 15 is 0 Å². The average Bonchev–Trinajstić information content (AvgIpc) is 2.80. The second-order valence-electron chi connectivity index (χ2n) is 8.10. The molecule has 1 aliphatic carbocycles. The molecule has 0 saturated heterocycles. The van der Waals surface area contributed by atoms with E-state index in [4.69, 9.17) is 19.2 Å². The van der Waals surface area contributed by atoms with Crippen LogP contribution in [-0.4, -0.2) is 40.4 Å². The van der Waals surface area contributed by atoms with Gasteiger partial charge in [0.15, 0.2) is 11.5 Å². The van der Waals surface area contributed by atoms with Crippen molar-refractivity contribution in [1.82, 2.24) is 10.3 Å². The molecule has 2 aromatic carbocycles. The van der Waals surface area contributed by atoms with Crippen molar-refractivity contribution in [1.29, 1.82) is 0 Å². The summed E-state index contributed by atoms with van der Waals surface area (Å²) < 4.78 is 16.8. The van der Waals surface area contributed by atoms with E-state index in [9.17, 15) is 0 Å². The highest BCUT2D eigenvalue weighted by molar-refractivity contribution is 5.92. The number of fused-ring (bicyclic) bond motifs is 2. The van der Waals surface area contributed by atoms with Crippen molar-refractivity contribution >= 4 is 16.7 Å². The predicted octanol–water partition coefficient (Wildman–Crippen LogP) is 4.49. The smallest absolute Gasteiger partial charge is 0.204 e. The Balaban J connectivity index is 1.74. The van der Waals surface area contributed by atoms with Gasteiger partial charge in [-0.05, 0) is 36.5 Å². The number of aryl methyl sites for hydroxylation is 1. The molecule has 0 aliphatic heterocycles. The molecule has 1 N–H and O–H groups in total. The largest absolute Gasteiger partial charge is 0.493 e. The van der Waals surface area contributed by atoms with E-state index < -0.39 is 0 Å². The lowest BCUT2D eigenvalue weighted by Crippen LogP contribution is -2.26. The topological polar surface area (TPSA) is 55.9 Å². The third-order valence-corrected chi connectivity index (χ3v) is 6.01. The molecule has 0 radical (unpaired) electrons. The van der Waals surface area contributed by atoms with E-state index in [0.29, 0.717) is 29.8 Å². The van der Waals surface area contributed by atoms with Gasteiger partial charge in [0, 0.05) is 43.7 Å². The maximum Gasteiger partial charge on any atom is 0.204 e. The molecule has 1 aromatic heterocycles. The highest BCUT2D eigenvalue weighted by Gasteiger charge is 2.22. The number of ether oxygens (including phenoxy) is 3. The molecular formula is C25H31N3O3. The highest BCUT2D eigenvalue weighted by Crippen LogP contribution is 2.44. The van der Waals surface area contributed by atoms with Gasteiger partial charge >= 0.3 is 0 Å². The number of methoxy groups -OCH3 is 3. The summed E-state index contributed by atoms with van der Waals surface area (Å²) in [6.07, 6.45) is 3.51. The van der Waals surface area contributed by atoms with Crippen molar-refractivity contribution in [3.63, 3.8) is 0 Å². The lowest BCUT2D eigenvalue weighted by Gasteiger charge is -2.27. The summed E-state index contributed by atoms with van der Waals surface area (Å²) in [6, 6.07) is 13.2. The summed E-state index contributed by atoms with van der Waals surface area (Å²) in [6.45, 7) is 0.715. The molecule has 0 spiro atoms. The Morgan fingerprint density at radius 2 is 1.81 bits per heavy atom. The minimum Gasteiger partial charge on any atom is -0.493 e. The molecule has 1 aliphatic rings. The molecule has 3 aromatic rings. The van der Waals surface area contributed by atoms with Crippen molar-refractivity contribution in [2.45, 2.75) is 31.8 Å². The third kappa shape index (κ3) is 4.00. The SMILES string of the molecule is COc1cc2nc(N(C)C)c(CNC3CCCc4ccccc43)cc2c(OC)c1OC. The summed E-state index contributed by atoms with van der Waals surface area (Å²) in [5, 5.41) is 4.69. The minimum atomic E-state index is 0.350. The van der Waals surface area contributed by atoms with Crippen LogP contribution in [0.5, 0.6) is 17.2 Å². The van der Waals surface area contributed by atoms with Gasteiger partial charge in [0.1, 0.15) is 5.82 Å². The van der Waals surface area contributed by atoms with Crippen molar-refractivity contribution in [2.24, 2.45) is 0 Å². The monoisotopic (exact) mass is 421 g/mol. The normalized spacial score (nSPS) is 15.5. The molecule has 0 bridgehead atoms. The Bertz CT molecular complexity index is 1080. The molecule has 6 heteroatoms. The van der Waals surface area contributed by atoms with Gasteiger partial charge in [-0.2, -0.15) is 0 Å². The summed E-state index contributed by atoms with van der Waals surface area (Å²) >= 11 is 0. The van der Waals surface area contributed by atoms with Gasteiger partial charge < -0.3 is 24.4 Å². The van der Waals surface area contributed by atoms with Gasteiger partial charge in [0.2, 0.25) is 5.75 Å². The zero-order valence-electron chi connectivity index (χ0n) is 19.0. The van der Waals surface area contributed by atoms with Crippen LogP contribution in [0, 0.1) is 0 Å². The van der Waals surface area contributed by atoms with Gasteiger partial charge in [0.25, 0.3) is 0 Å². The Morgan fingerprint density at radius 1 is 1.03 bits per heavy atom. The predicted molar refractivity (Wildman–Crippen MR) is 125 cm³/mol. The van der Waals surface area contributed by atoms with Crippen molar-refractivity contribution in [3.8, 4) is 17.2 Å². The fraction of sp³-hybridized carbons (Fsp3) is 0.400. The number of nitrogens with one attached hydrogen (secondary N) is 1. The van der Waals surface area contributed by atoms with Crippen LogP contribution < -0.4 is 24.4 Å². The highest BCUT2D eigenvalue weighted by atomic mass is 16.5.